The first-order valence-electron chi connectivity index (χ1n) is 8.14. The van der Waals surface area contributed by atoms with Crippen LogP contribution in [0, 0.1) is 11.6 Å². The summed E-state index contributed by atoms with van der Waals surface area (Å²) in [6.45, 7) is 6.40. The Labute approximate surface area is 148 Å². The number of morpholine rings is 1. The van der Waals surface area contributed by atoms with Gasteiger partial charge >= 0.3 is 0 Å². The summed E-state index contributed by atoms with van der Waals surface area (Å²) in [6.07, 6.45) is 0.930. The lowest BCUT2D eigenvalue weighted by Gasteiger charge is -2.37. The number of halogens is 2. The zero-order valence-corrected chi connectivity index (χ0v) is 15.1. The molecule has 5 nitrogen and oxygen atoms in total. The molecule has 2 unspecified atom stereocenters. The van der Waals surface area contributed by atoms with Gasteiger partial charge in [-0.2, -0.15) is 0 Å². The van der Waals surface area contributed by atoms with Crippen LogP contribution in [0.25, 0.3) is 10.6 Å². The number of nitrogens with zero attached hydrogens (tertiary/aromatic N) is 3. The molecule has 0 N–H and O–H groups in total. The van der Waals surface area contributed by atoms with Crippen LogP contribution in [0.4, 0.5) is 14.5 Å². The number of ether oxygens (including phenoxy) is 1. The van der Waals surface area contributed by atoms with Crippen molar-refractivity contribution in [3.8, 4) is 10.6 Å². The molecule has 2 heterocycles. The highest BCUT2D eigenvalue weighted by molar-refractivity contribution is 7.14. The lowest BCUT2D eigenvalue weighted by molar-refractivity contribution is -0.00546. The van der Waals surface area contributed by atoms with Crippen molar-refractivity contribution >= 4 is 23.3 Å². The molecule has 1 aromatic carbocycles. The topological polar surface area (TPSA) is 55.3 Å². The fraction of sp³-hybridized carbons (Fsp3) is 0.471. The molecule has 134 valence electrons. The van der Waals surface area contributed by atoms with Crippen LogP contribution in [0.1, 0.15) is 36.1 Å². The average molecular weight is 367 g/mol. The van der Waals surface area contributed by atoms with Crippen LogP contribution in [0.3, 0.4) is 0 Å². The third kappa shape index (κ3) is 3.41. The van der Waals surface area contributed by atoms with Gasteiger partial charge in [0.15, 0.2) is 22.9 Å². The number of carbonyl (C=O) groups excluding carboxylic acids is 1. The molecule has 1 aliphatic heterocycles. The maximum Gasteiger partial charge on any atom is 0.183 e. The Balaban J connectivity index is 2.08. The van der Waals surface area contributed by atoms with Gasteiger partial charge in [0.05, 0.1) is 23.5 Å². The second kappa shape index (κ2) is 7.13. The van der Waals surface area contributed by atoms with Gasteiger partial charge in [0.1, 0.15) is 5.01 Å². The normalized spacial score (nSPS) is 20.8. The van der Waals surface area contributed by atoms with E-state index in [9.17, 15) is 13.6 Å². The third-order valence-corrected chi connectivity index (χ3v) is 5.17. The fourth-order valence-electron chi connectivity index (χ4n) is 3.07. The Hall–Kier alpha value is -1.93. The summed E-state index contributed by atoms with van der Waals surface area (Å²) >= 11 is 1.19. The highest BCUT2D eigenvalue weighted by atomic mass is 32.1. The summed E-state index contributed by atoms with van der Waals surface area (Å²) in [6, 6.07) is 1.35. The molecule has 2 aromatic rings. The minimum Gasteiger partial charge on any atom is -0.372 e. The SMILES string of the molecule is CCc1nnc(-c2cc(C=O)c(N3CC(C)OC(C)C3)c(F)c2F)s1. The predicted molar refractivity (Wildman–Crippen MR) is 92.2 cm³/mol. The van der Waals surface area contributed by atoms with Crippen LogP contribution in [0.5, 0.6) is 0 Å². The zero-order chi connectivity index (χ0) is 18.1. The molecule has 3 rings (SSSR count). The standard InChI is InChI=1S/C17H19F2N3O2S/c1-4-13-20-21-17(25-13)12-5-11(8-23)16(15(19)14(12)18)22-6-9(2)24-10(3)7-22/h5,8-10H,4,6-7H2,1-3H3. The average Bonchev–Trinajstić information content (AvgIpc) is 3.05. The maximum atomic E-state index is 14.9. The van der Waals surface area contributed by atoms with Crippen molar-refractivity contribution in [1.29, 1.82) is 0 Å². The fourth-order valence-corrected chi connectivity index (χ4v) is 3.86. The van der Waals surface area contributed by atoms with Crippen molar-refractivity contribution < 1.29 is 18.3 Å². The van der Waals surface area contributed by atoms with E-state index in [0.29, 0.717) is 25.8 Å². The van der Waals surface area contributed by atoms with Crippen LogP contribution in [-0.4, -0.2) is 41.8 Å². The van der Waals surface area contributed by atoms with Crippen molar-refractivity contribution in [1.82, 2.24) is 10.2 Å². The number of rotatable bonds is 4. The van der Waals surface area contributed by atoms with Gasteiger partial charge in [-0.1, -0.05) is 18.3 Å². The third-order valence-electron chi connectivity index (χ3n) is 4.07. The summed E-state index contributed by atoms with van der Waals surface area (Å²) in [5.74, 6) is -2.04. The van der Waals surface area contributed by atoms with E-state index < -0.39 is 11.6 Å². The van der Waals surface area contributed by atoms with Crippen LogP contribution in [-0.2, 0) is 11.2 Å². The minimum atomic E-state index is -1.03. The first-order valence-corrected chi connectivity index (χ1v) is 8.96. The summed E-state index contributed by atoms with van der Waals surface area (Å²) in [5, 5.41) is 8.84. The van der Waals surface area contributed by atoms with Gasteiger partial charge in [0.2, 0.25) is 0 Å². The number of hydrogen-bond donors (Lipinski definition) is 0. The molecule has 0 saturated carbocycles. The number of benzene rings is 1. The molecule has 25 heavy (non-hydrogen) atoms. The predicted octanol–water partition coefficient (Wildman–Crippen LogP) is 3.47. The van der Waals surface area contributed by atoms with Gasteiger partial charge in [-0.3, -0.25) is 4.79 Å². The lowest BCUT2D eigenvalue weighted by atomic mass is 10.1. The second-order valence-electron chi connectivity index (χ2n) is 6.12. The van der Waals surface area contributed by atoms with Crippen molar-refractivity contribution in [2.75, 3.05) is 18.0 Å². The smallest absolute Gasteiger partial charge is 0.183 e. The minimum absolute atomic E-state index is 0.0153. The second-order valence-corrected chi connectivity index (χ2v) is 7.19. The lowest BCUT2D eigenvalue weighted by Crippen LogP contribution is -2.46. The Kier molecular flexibility index (Phi) is 5.10. The number of aryl methyl sites for hydroxylation is 1. The highest BCUT2D eigenvalue weighted by Crippen LogP contribution is 2.35. The Bertz CT molecular complexity index is 786. The Morgan fingerprint density at radius 3 is 2.52 bits per heavy atom. The molecule has 1 aliphatic rings. The van der Waals surface area contributed by atoms with Crippen LogP contribution in [0.2, 0.25) is 0 Å². The van der Waals surface area contributed by atoms with Crippen molar-refractivity contribution in [2.24, 2.45) is 0 Å². The van der Waals surface area contributed by atoms with E-state index in [4.69, 9.17) is 4.74 Å². The number of aromatic nitrogens is 2. The molecule has 0 spiro atoms. The Morgan fingerprint density at radius 1 is 1.28 bits per heavy atom. The molecule has 2 atom stereocenters. The van der Waals surface area contributed by atoms with Gasteiger partial charge in [-0.05, 0) is 26.3 Å². The summed E-state index contributed by atoms with van der Waals surface area (Å²) in [4.78, 5) is 13.2. The summed E-state index contributed by atoms with van der Waals surface area (Å²) < 4.78 is 35.2. The largest absolute Gasteiger partial charge is 0.372 e. The zero-order valence-electron chi connectivity index (χ0n) is 14.3. The van der Waals surface area contributed by atoms with Crippen LogP contribution < -0.4 is 4.90 Å². The number of aldehydes is 1. The van der Waals surface area contributed by atoms with Crippen molar-refractivity contribution in [2.45, 2.75) is 39.4 Å². The van der Waals surface area contributed by atoms with Gasteiger partial charge < -0.3 is 9.64 Å². The molecule has 1 saturated heterocycles. The number of anilines is 1. The van der Waals surface area contributed by atoms with Crippen molar-refractivity contribution in [3.05, 3.63) is 28.3 Å². The van der Waals surface area contributed by atoms with E-state index in [-0.39, 0.29) is 34.0 Å². The molecule has 8 heteroatoms. The van der Waals surface area contributed by atoms with Gasteiger partial charge in [-0.25, -0.2) is 8.78 Å². The van der Waals surface area contributed by atoms with Gasteiger partial charge in [0, 0.05) is 18.7 Å². The monoisotopic (exact) mass is 367 g/mol. The summed E-state index contributed by atoms with van der Waals surface area (Å²) in [7, 11) is 0. The maximum absolute atomic E-state index is 14.9. The van der Waals surface area contributed by atoms with Gasteiger partial charge in [0.25, 0.3) is 0 Å². The molecular weight excluding hydrogens is 348 g/mol. The highest BCUT2D eigenvalue weighted by Gasteiger charge is 2.29. The van der Waals surface area contributed by atoms with E-state index in [0.717, 1.165) is 5.01 Å². The molecule has 1 fully saturated rings. The van der Waals surface area contributed by atoms with E-state index in [2.05, 4.69) is 10.2 Å². The van der Waals surface area contributed by atoms with Crippen LogP contribution in [0.15, 0.2) is 6.07 Å². The number of carbonyl (C=O) groups is 1. The molecule has 1 aromatic heterocycles. The first-order chi connectivity index (χ1) is 11.9. The van der Waals surface area contributed by atoms with E-state index >= 15 is 0 Å². The molecule has 0 amide bonds. The van der Waals surface area contributed by atoms with Crippen LogP contribution >= 0.6 is 11.3 Å². The quantitative estimate of drug-likeness (QED) is 0.775. The first kappa shape index (κ1) is 17.9. The van der Waals surface area contributed by atoms with Crippen molar-refractivity contribution in [3.63, 3.8) is 0 Å². The number of hydrogen-bond acceptors (Lipinski definition) is 6. The molecule has 0 aliphatic carbocycles. The summed E-state index contributed by atoms with van der Waals surface area (Å²) in [5.41, 5.74) is 0.0526. The van der Waals surface area contributed by atoms with Gasteiger partial charge in [-0.15, -0.1) is 10.2 Å². The molecular formula is C17H19F2N3O2S. The van der Waals surface area contributed by atoms with E-state index in [1.165, 1.54) is 17.4 Å². The Morgan fingerprint density at radius 2 is 1.96 bits per heavy atom. The van der Waals surface area contributed by atoms with E-state index in [1.54, 1.807) is 4.90 Å². The molecule has 0 bridgehead atoms. The van der Waals surface area contributed by atoms with E-state index in [1.807, 2.05) is 20.8 Å². The molecule has 0 radical (unpaired) electrons.